The Morgan fingerprint density at radius 1 is 0.559 bits per heavy atom. The lowest BCUT2D eigenvalue weighted by atomic mass is 9.93. The average molecular weight is 469 g/mol. The van der Waals surface area contributed by atoms with Crippen LogP contribution in [0.2, 0.25) is 0 Å². The highest BCUT2D eigenvalue weighted by Crippen LogP contribution is 2.28. The predicted molar refractivity (Wildman–Crippen MR) is 152 cm³/mol. The summed E-state index contributed by atoms with van der Waals surface area (Å²) in [6.45, 7) is 4.60. The lowest BCUT2D eigenvalue weighted by molar-refractivity contribution is 0.470. The minimum atomic E-state index is 0.607. The molecule has 0 aliphatic heterocycles. The fraction of sp³-hybridized carbons (Fsp3) is 0.781. The summed E-state index contributed by atoms with van der Waals surface area (Å²) >= 11 is 0. The monoisotopic (exact) mass is 468 g/mol. The summed E-state index contributed by atoms with van der Waals surface area (Å²) < 4.78 is 0. The fourth-order valence-electron chi connectivity index (χ4n) is 5.34. The molecule has 0 spiro atoms. The van der Waals surface area contributed by atoms with Crippen LogP contribution >= 0.6 is 0 Å². The van der Waals surface area contributed by atoms with E-state index in [4.69, 9.17) is 4.98 Å². The number of imidazole rings is 1. The second kappa shape index (κ2) is 19.9. The molecule has 0 aliphatic carbocycles. The lowest BCUT2D eigenvalue weighted by Gasteiger charge is -2.15. The molecule has 0 amide bonds. The number of nitrogens with one attached hydrogen (secondary N) is 1. The molecule has 0 fully saturated rings. The first-order valence-electron chi connectivity index (χ1n) is 15.3. The number of unbranched alkanes of at least 4 members (excludes halogenated alkanes) is 18. The Balaban J connectivity index is 1.64. The standard InChI is InChI=1S/C32H56N2/c1-3-5-7-9-11-13-14-16-18-20-22-26-29(25-21-19-17-15-12-10-8-6-4-2)32-33-30-27-23-24-28-31(30)34-32/h23-24,27-29H,3-22,25-26H2,1-2H3,(H,33,34). The van der Waals surface area contributed by atoms with Gasteiger partial charge in [-0.25, -0.2) is 4.98 Å². The summed E-state index contributed by atoms with van der Waals surface area (Å²) in [5.41, 5.74) is 2.34. The second-order valence-electron chi connectivity index (χ2n) is 10.8. The van der Waals surface area contributed by atoms with Crippen molar-refractivity contribution in [2.75, 3.05) is 0 Å². The molecule has 0 saturated heterocycles. The van der Waals surface area contributed by atoms with Gasteiger partial charge in [-0.15, -0.1) is 0 Å². The van der Waals surface area contributed by atoms with E-state index in [1.165, 1.54) is 153 Å². The van der Waals surface area contributed by atoms with E-state index in [2.05, 4.69) is 43.1 Å². The molecule has 1 aromatic carbocycles. The van der Waals surface area contributed by atoms with Gasteiger partial charge >= 0.3 is 0 Å². The third kappa shape index (κ3) is 13.0. The van der Waals surface area contributed by atoms with E-state index in [0.717, 1.165) is 5.52 Å². The van der Waals surface area contributed by atoms with Gasteiger partial charge in [0.2, 0.25) is 0 Å². The molecule has 2 nitrogen and oxygen atoms in total. The number of hydrogen-bond donors (Lipinski definition) is 1. The van der Waals surface area contributed by atoms with Crippen molar-refractivity contribution in [2.45, 2.75) is 161 Å². The normalized spacial score (nSPS) is 12.5. The largest absolute Gasteiger partial charge is 0.342 e. The highest BCUT2D eigenvalue weighted by molar-refractivity contribution is 5.74. The zero-order chi connectivity index (χ0) is 24.1. The van der Waals surface area contributed by atoms with Gasteiger partial charge < -0.3 is 4.98 Å². The summed E-state index contributed by atoms with van der Waals surface area (Å²) in [6, 6.07) is 8.53. The summed E-state index contributed by atoms with van der Waals surface area (Å²) in [5, 5.41) is 0. The Morgan fingerprint density at radius 2 is 0.971 bits per heavy atom. The zero-order valence-electron chi connectivity index (χ0n) is 22.9. The first-order valence-corrected chi connectivity index (χ1v) is 15.3. The third-order valence-corrected chi connectivity index (χ3v) is 7.61. The van der Waals surface area contributed by atoms with Crippen LogP contribution in [0.5, 0.6) is 0 Å². The first kappa shape index (κ1) is 28.9. The van der Waals surface area contributed by atoms with Crippen LogP contribution < -0.4 is 0 Å². The summed E-state index contributed by atoms with van der Waals surface area (Å²) in [4.78, 5) is 8.64. The first-order chi connectivity index (χ1) is 16.8. The Labute approximate surface area is 212 Å². The lowest BCUT2D eigenvalue weighted by Crippen LogP contribution is -2.02. The average Bonchev–Trinajstić information content (AvgIpc) is 3.29. The quantitative estimate of drug-likeness (QED) is 0.161. The fourth-order valence-corrected chi connectivity index (χ4v) is 5.34. The van der Waals surface area contributed by atoms with Gasteiger partial charge in [-0.2, -0.15) is 0 Å². The number of aromatic nitrogens is 2. The SMILES string of the molecule is CCCCCCCCCCCCCC(CCCCCCCCCCC)c1nc2ccccc2[nH]1. The van der Waals surface area contributed by atoms with E-state index in [-0.39, 0.29) is 0 Å². The molecule has 1 N–H and O–H groups in total. The van der Waals surface area contributed by atoms with Crippen molar-refractivity contribution in [1.29, 1.82) is 0 Å². The number of para-hydroxylation sites is 2. The summed E-state index contributed by atoms with van der Waals surface area (Å²) in [6.07, 6.45) is 30.9. The van der Waals surface area contributed by atoms with Crippen LogP contribution in [-0.2, 0) is 0 Å². The number of benzene rings is 1. The minimum absolute atomic E-state index is 0.607. The zero-order valence-corrected chi connectivity index (χ0v) is 22.9. The highest BCUT2D eigenvalue weighted by atomic mass is 14.9. The van der Waals surface area contributed by atoms with Gasteiger partial charge in [0.25, 0.3) is 0 Å². The van der Waals surface area contributed by atoms with Crippen molar-refractivity contribution >= 4 is 11.0 Å². The molecule has 1 unspecified atom stereocenters. The Hall–Kier alpha value is -1.31. The molecule has 2 rings (SSSR count). The number of aromatic amines is 1. The number of rotatable bonds is 23. The van der Waals surface area contributed by atoms with E-state index in [1.54, 1.807) is 0 Å². The van der Waals surface area contributed by atoms with Gasteiger partial charge in [-0.1, -0.05) is 154 Å². The second-order valence-corrected chi connectivity index (χ2v) is 10.8. The summed E-state index contributed by atoms with van der Waals surface area (Å²) in [5.74, 6) is 1.85. The topological polar surface area (TPSA) is 28.7 Å². The molecule has 194 valence electrons. The van der Waals surface area contributed by atoms with Crippen molar-refractivity contribution in [2.24, 2.45) is 0 Å². The molecular weight excluding hydrogens is 412 g/mol. The molecule has 1 aromatic heterocycles. The smallest absolute Gasteiger partial charge is 0.110 e. The molecule has 0 bridgehead atoms. The van der Waals surface area contributed by atoms with Crippen molar-refractivity contribution < 1.29 is 0 Å². The Kier molecular flexibility index (Phi) is 17.0. The van der Waals surface area contributed by atoms with Crippen LogP contribution in [0.1, 0.15) is 167 Å². The van der Waals surface area contributed by atoms with Gasteiger partial charge in [0, 0.05) is 5.92 Å². The number of H-pyrrole nitrogens is 1. The predicted octanol–water partition coefficient (Wildman–Crippen LogP) is 11.3. The third-order valence-electron chi connectivity index (χ3n) is 7.61. The molecule has 2 heteroatoms. The number of nitrogens with zero attached hydrogens (tertiary/aromatic N) is 1. The van der Waals surface area contributed by atoms with Crippen molar-refractivity contribution in [3.63, 3.8) is 0 Å². The van der Waals surface area contributed by atoms with Crippen LogP contribution in [0.4, 0.5) is 0 Å². The molecule has 34 heavy (non-hydrogen) atoms. The maximum absolute atomic E-state index is 4.98. The van der Waals surface area contributed by atoms with Crippen LogP contribution in [0.15, 0.2) is 24.3 Å². The summed E-state index contributed by atoms with van der Waals surface area (Å²) in [7, 11) is 0. The maximum Gasteiger partial charge on any atom is 0.110 e. The van der Waals surface area contributed by atoms with E-state index < -0.39 is 0 Å². The number of hydrogen-bond acceptors (Lipinski definition) is 1. The van der Waals surface area contributed by atoms with Crippen LogP contribution in [0.3, 0.4) is 0 Å². The van der Waals surface area contributed by atoms with Crippen molar-refractivity contribution in [3.8, 4) is 0 Å². The molecule has 1 atom stereocenters. The van der Waals surface area contributed by atoms with Gasteiger partial charge in [-0.3, -0.25) is 0 Å². The minimum Gasteiger partial charge on any atom is -0.342 e. The molecule has 1 heterocycles. The van der Waals surface area contributed by atoms with Gasteiger partial charge in [0.15, 0.2) is 0 Å². The van der Waals surface area contributed by atoms with E-state index in [0.29, 0.717) is 5.92 Å². The maximum atomic E-state index is 4.98. The van der Waals surface area contributed by atoms with Gasteiger partial charge in [-0.05, 0) is 25.0 Å². The highest BCUT2D eigenvalue weighted by Gasteiger charge is 2.15. The Morgan fingerprint density at radius 3 is 1.41 bits per heavy atom. The molecular formula is C32H56N2. The van der Waals surface area contributed by atoms with E-state index in [1.807, 2.05) is 0 Å². The number of fused-ring (bicyclic) bond motifs is 1. The Bertz CT molecular complexity index is 671. The van der Waals surface area contributed by atoms with Crippen molar-refractivity contribution in [3.05, 3.63) is 30.1 Å². The van der Waals surface area contributed by atoms with E-state index in [9.17, 15) is 0 Å². The van der Waals surface area contributed by atoms with Gasteiger partial charge in [0.05, 0.1) is 11.0 Å². The van der Waals surface area contributed by atoms with Crippen LogP contribution in [0.25, 0.3) is 11.0 Å². The van der Waals surface area contributed by atoms with Gasteiger partial charge in [0.1, 0.15) is 5.82 Å². The van der Waals surface area contributed by atoms with Crippen LogP contribution in [0, 0.1) is 0 Å². The molecule has 0 radical (unpaired) electrons. The van der Waals surface area contributed by atoms with Crippen molar-refractivity contribution in [1.82, 2.24) is 9.97 Å². The van der Waals surface area contributed by atoms with Crippen LogP contribution in [-0.4, -0.2) is 9.97 Å². The molecule has 2 aromatic rings. The molecule has 0 saturated carbocycles. The molecule has 0 aliphatic rings. The van der Waals surface area contributed by atoms with E-state index >= 15 is 0 Å².